The lowest BCUT2D eigenvalue weighted by molar-refractivity contribution is -0.125. The molecule has 2 amide bonds. The number of carbonyl (C=O) groups excluding carboxylic acids is 2. The van der Waals surface area contributed by atoms with Crippen molar-refractivity contribution in [1.29, 1.82) is 0 Å². The number of nitrogens with zero attached hydrogens (tertiary/aromatic N) is 2. The summed E-state index contributed by atoms with van der Waals surface area (Å²) in [6.45, 7) is 5.62. The first-order valence-corrected chi connectivity index (χ1v) is 12.7. The molecule has 1 saturated heterocycles. The average molecular weight is 456 g/mol. The Bertz CT molecular complexity index is 884. The van der Waals surface area contributed by atoms with Crippen molar-refractivity contribution >= 4 is 39.3 Å². The molecule has 2 heterocycles. The molecule has 30 heavy (non-hydrogen) atoms. The third-order valence-corrected chi connectivity index (χ3v) is 8.38. The van der Waals surface area contributed by atoms with Crippen LogP contribution in [0.3, 0.4) is 0 Å². The Hall–Kier alpha value is -1.62. The van der Waals surface area contributed by atoms with E-state index in [2.05, 4.69) is 5.32 Å². The van der Waals surface area contributed by atoms with E-state index in [-0.39, 0.29) is 29.2 Å². The monoisotopic (exact) mass is 455 g/mol. The number of ether oxygens (including phenoxy) is 1. The van der Waals surface area contributed by atoms with Crippen molar-refractivity contribution < 1.29 is 22.7 Å². The molecular formula is C20H29N3O5S2. The SMILES string of the molecule is CCCCNC(=O)CN1C(=O)C(C)CSc2ccc(S(=O)(=O)N3CCOCC3)cc21. The number of rotatable bonds is 7. The van der Waals surface area contributed by atoms with Gasteiger partial charge < -0.3 is 15.0 Å². The fourth-order valence-corrected chi connectivity index (χ4v) is 5.85. The second-order valence-corrected chi connectivity index (χ2v) is 10.5. The van der Waals surface area contributed by atoms with E-state index in [1.165, 1.54) is 27.0 Å². The van der Waals surface area contributed by atoms with Gasteiger partial charge in [-0.25, -0.2) is 8.42 Å². The smallest absolute Gasteiger partial charge is 0.243 e. The average Bonchev–Trinajstić information content (AvgIpc) is 2.86. The third kappa shape index (κ3) is 5.16. The molecule has 1 atom stereocenters. The number of fused-ring (bicyclic) bond motifs is 1. The van der Waals surface area contributed by atoms with E-state index in [1.54, 1.807) is 12.1 Å². The van der Waals surface area contributed by atoms with Gasteiger partial charge in [0, 0.05) is 36.2 Å². The van der Waals surface area contributed by atoms with Crippen molar-refractivity contribution in [3.8, 4) is 0 Å². The Balaban J connectivity index is 1.92. The molecule has 3 rings (SSSR count). The summed E-state index contributed by atoms with van der Waals surface area (Å²) in [7, 11) is -3.70. The summed E-state index contributed by atoms with van der Waals surface area (Å²) in [5.74, 6) is -0.115. The predicted molar refractivity (Wildman–Crippen MR) is 116 cm³/mol. The van der Waals surface area contributed by atoms with Gasteiger partial charge in [-0.1, -0.05) is 20.3 Å². The standard InChI is InChI=1S/C20H29N3O5S2/c1-3-4-7-21-19(24)13-23-17-12-16(30(26,27)22-8-10-28-11-9-22)5-6-18(17)29-14-15(2)20(23)25/h5-6,12,15H,3-4,7-11,13-14H2,1-2H3,(H,21,24). The summed E-state index contributed by atoms with van der Waals surface area (Å²) >= 11 is 1.51. The van der Waals surface area contributed by atoms with Crippen LogP contribution in [-0.2, 0) is 24.3 Å². The van der Waals surface area contributed by atoms with Crippen LogP contribution in [0.25, 0.3) is 0 Å². The number of sulfonamides is 1. The van der Waals surface area contributed by atoms with Gasteiger partial charge in [-0.3, -0.25) is 9.59 Å². The fourth-order valence-electron chi connectivity index (χ4n) is 3.36. The highest BCUT2D eigenvalue weighted by Gasteiger charge is 2.32. The largest absolute Gasteiger partial charge is 0.379 e. The van der Waals surface area contributed by atoms with Gasteiger partial charge in [0.05, 0.1) is 23.8 Å². The van der Waals surface area contributed by atoms with E-state index in [0.717, 1.165) is 17.7 Å². The maximum atomic E-state index is 13.1. The maximum Gasteiger partial charge on any atom is 0.243 e. The van der Waals surface area contributed by atoms with Crippen molar-refractivity contribution in [2.75, 3.05) is 50.0 Å². The highest BCUT2D eigenvalue weighted by Crippen LogP contribution is 2.38. The lowest BCUT2D eigenvalue weighted by atomic mass is 10.1. The molecule has 2 aliphatic rings. The molecule has 0 aliphatic carbocycles. The van der Waals surface area contributed by atoms with E-state index in [1.807, 2.05) is 13.8 Å². The van der Waals surface area contributed by atoms with Gasteiger partial charge >= 0.3 is 0 Å². The molecule has 0 aromatic heterocycles. The molecule has 0 saturated carbocycles. The van der Waals surface area contributed by atoms with Crippen LogP contribution >= 0.6 is 11.8 Å². The summed E-state index contributed by atoms with van der Waals surface area (Å²) in [6.07, 6.45) is 1.83. The Kier molecular flexibility index (Phi) is 7.78. The number of nitrogens with one attached hydrogen (secondary N) is 1. The Morgan fingerprint density at radius 3 is 2.73 bits per heavy atom. The Labute approximate surface area is 182 Å². The minimum atomic E-state index is -3.70. The molecule has 1 aromatic carbocycles. The van der Waals surface area contributed by atoms with Gasteiger partial charge in [-0.15, -0.1) is 11.8 Å². The molecule has 1 unspecified atom stereocenters. The van der Waals surface area contributed by atoms with E-state index in [4.69, 9.17) is 4.74 Å². The lowest BCUT2D eigenvalue weighted by Crippen LogP contribution is -2.43. The van der Waals surface area contributed by atoms with Crippen LogP contribution in [0.15, 0.2) is 28.0 Å². The van der Waals surface area contributed by atoms with Crippen molar-refractivity contribution in [2.45, 2.75) is 36.5 Å². The van der Waals surface area contributed by atoms with Gasteiger partial charge in [-0.05, 0) is 24.6 Å². The number of thioether (sulfide) groups is 1. The molecule has 166 valence electrons. The van der Waals surface area contributed by atoms with Crippen molar-refractivity contribution in [3.05, 3.63) is 18.2 Å². The molecule has 1 aromatic rings. The van der Waals surface area contributed by atoms with Gasteiger partial charge in [0.1, 0.15) is 6.54 Å². The summed E-state index contributed by atoms with van der Waals surface area (Å²) in [5.41, 5.74) is 0.481. The van der Waals surface area contributed by atoms with Gasteiger partial charge in [-0.2, -0.15) is 4.31 Å². The zero-order valence-electron chi connectivity index (χ0n) is 17.4. The molecule has 1 fully saturated rings. The molecule has 10 heteroatoms. The van der Waals surface area contributed by atoms with Crippen LogP contribution in [0.5, 0.6) is 0 Å². The number of hydrogen-bond donors (Lipinski definition) is 1. The van der Waals surface area contributed by atoms with Gasteiger partial charge in [0.25, 0.3) is 0 Å². The highest BCUT2D eigenvalue weighted by atomic mass is 32.2. The summed E-state index contributed by atoms with van der Waals surface area (Å²) in [6, 6.07) is 4.85. The van der Waals surface area contributed by atoms with Crippen molar-refractivity contribution in [3.63, 3.8) is 0 Å². The number of morpholine rings is 1. The van der Waals surface area contributed by atoms with Crippen molar-refractivity contribution in [1.82, 2.24) is 9.62 Å². The zero-order valence-corrected chi connectivity index (χ0v) is 19.1. The highest BCUT2D eigenvalue weighted by molar-refractivity contribution is 7.99. The molecule has 0 radical (unpaired) electrons. The minimum absolute atomic E-state index is 0.124. The normalized spacial score (nSPS) is 20.5. The van der Waals surface area contributed by atoms with Gasteiger partial charge in [0.15, 0.2) is 0 Å². The predicted octanol–water partition coefficient (Wildman–Crippen LogP) is 1.70. The number of anilines is 1. The molecule has 8 nitrogen and oxygen atoms in total. The number of hydrogen-bond acceptors (Lipinski definition) is 6. The first kappa shape index (κ1) is 23.1. The van der Waals surface area contributed by atoms with Crippen molar-refractivity contribution in [2.24, 2.45) is 5.92 Å². The van der Waals surface area contributed by atoms with E-state index in [9.17, 15) is 18.0 Å². The van der Waals surface area contributed by atoms with Crippen LogP contribution in [0.4, 0.5) is 5.69 Å². The summed E-state index contributed by atoms with van der Waals surface area (Å²) in [4.78, 5) is 27.8. The van der Waals surface area contributed by atoms with E-state index >= 15 is 0 Å². The first-order valence-electron chi connectivity index (χ1n) is 10.3. The molecule has 0 spiro atoms. The van der Waals surface area contributed by atoms with Gasteiger partial charge in [0.2, 0.25) is 21.8 Å². The summed E-state index contributed by atoms with van der Waals surface area (Å²) in [5, 5.41) is 2.83. The number of benzene rings is 1. The number of unbranched alkanes of at least 4 members (excludes halogenated alkanes) is 1. The topological polar surface area (TPSA) is 96.0 Å². The van der Waals surface area contributed by atoms with E-state index in [0.29, 0.717) is 44.3 Å². The molecular weight excluding hydrogens is 426 g/mol. The maximum absolute atomic E-state index is 13.1. The van der Waals surface area contributed by atoms with Crippen LogP contribution < -0.4 is 10.2 Å². The van der Waals surface area contributed by atoms with Crippen LogP contribution in [0, 0.1) is 5.92 Å². The van der Waals surface area contributed by atoms with Crippen LogP contribution in [0.1, 0.15) is 26.7 Å². The molecule has 0 bridgehead atoms. The number of amides is 2. The lowest BCUT2D eigenvalue weighted by Gasteiger charge is -2.27. The van der Waals surface area contributed by atoms with Crippen LogP contribution in [0.2, 0.25) is 0 Å². The van der Waals surface area contributed by atoms with Crippen LogP contribution in [-0.4, -0.2) is 69.7 Å². The van der Waals surface area contributed by atoms with E-state index < -0.39 is 10.0 Å². The number of carbonyl (C=O) groups is 2. The molecule has 1 N–H and O–H groups in total. The Morgan fingerprint density at radius 2 is 2.03 bits per heavy atom. The third-order valence-electron chi connectivity index (χ3n) is 5.16. The molecule has 2 aliphatic heterocycles. The quantitative estimate of drug-likeness (QED) is 0.629. The minimum Gasteiger partial charge on any atom is -0.379 e. The fraction of sp³-hybridized carbons (Fsp3) is 0.600. The Morgan fingerprint density at radius 1 is 1.30 bits per heavy atom. The zero-order chi connectivity index (χ0) is 21.7. The second kappa shape index (κ2) is 10.1. The summed E-state index contributed by atoms with van der Waals surface area (Å²) < 4.78 is 32.8. The second-order valence-electron chi connectivity index (χ2n) is 7.49. The first-order chi connectivity index (χ1) is 14.3.